The van der Waals surface area contributed by atoms with Crippen molar-refractivity contribution in [1.82, 2.24) is 0 Å². The molecule has 3 nitrogen and oxygen atoms in total. The predicted molar refractivity (Wildman–Crippen MR) is 99.8 cm³/mol. The van der Waals surface area contributed by atoms with Crippen molar-refractivity contribution in [3.8, 4) is 5.75 Å². The fourth-order valence-electron chi connectivity index (χ4n) is 2.67. The van der Waals surface area contributed by atoms with Gasteiger partial charge < -0.3 is 10.1 Å². The molecule has 128 valence electrons. The minimum atomic E-state index is -0.554. The van der Waals surface area contributed by atoms with Gasteiger partial charge in [0.15, 0.2) is 6.10 Å². The van der Waals surface area contributed by atoms with Gasteiger partial charge in [-0.2, -0.15) is 0 Å². The Balaban J connectivity index is 2.13. The minimum absolute atomic E-state index is 0.121. The summed E-state index contributed by atoms with van der Waals surface area (Å²) in [5.74, 6) is 0.601. The molecule has 0 saturated carbocycles. The third-order valence-corrected chi connectivity index (χ3v) is 4.41. The number of hydrogen-bond donors (Lipinski definition) is 1. The number of benzene rings is 2. The lowest BCUT2D eigenvalue weighted by Crippen LogP contribution is -2.31. The van der Waals surface area contributed by atoms with E-state index in [1.165, 1.54) is 5.56 Å². The van der Waals surface area contributed by atoms with Crippen LogP contribution in [0.3, 0.4) is 0 Å². The molecule has 0 fully saturated rings. The van der Waals surface area contributed by atoms with Crippen LogP contribution in [0.4, 0.5) is 5.69 Å². The first kappa shape index (κ1) is 18.1. The zero-order chi connectivity index (χ0) is 17.7. The maximum absolute atomic E-state index is 12.6. The summed E-state index contributed by atoms with van der Waals surface area (Å²) >= 11 is 0. The van der Waals surface area contributed by atoms with E-state index in [1.807, 2.05) is 31.2 Å². The van der Waals surface area contributed by atoms with E-state index in [9.17, 15) is 4.79 Å². The number of rotatable bonds is 6. The van der Waals surface area contributed by atoms with Crippen LogP contribution in [0.15, 0.2) is 36.4 Å². The molecule has 1 N–H and O–H groups in total. The molecule has 0 unspecified atom stereocenters. The van der Waals surface area contributed by atoms with Crippen LogP contribution in [0.5, 0.6) is 5.75 Å². The van der Waals surface area contributed by atoms with Crippen LogP contribution in [0.1, 0.15) is 43.0 Å². The first-order valence-corrected chi connectivity index (χ1v) is 8.61. The molecule has 0 radical (unpaired) electrons. The molecule has 2 aromatic carbocycles. The fraction of sp³-hybridized carbons (Fsp3) is 0.381. The summed E-state index contributed by atoms with van der Waals surface area (Å²) in [5.41, 5.74) is 5.61. The molecule has 0 spiro atoms. The van der Waals surface area contributed by atoms with E-state index in [0.29, 0.717) is 0 Å². The summed E-state index contributed by atoms with van der Waals surface area (Å²) in [7, 11) is 0. The Bertz CT molecular complexity index is 700. The van der Waals surface area contributed by atoms with Crippen molar-refractivity contribution < 1.29 is 9.53 Å². The van der Waals surface area contributed by atoms with Gasteiger partial charge >= 0.3 is 0 Å². The summed E-state index contributed by atoms with van der Waals surface area (Å²) in [4.78, 5) is 12.6. The van der Waals surface area contributed by atoms with Gasteiger partial charge in [0.2, 0.25) is 0 Å². The lowest BCUT2D eigenvalue weighted by atomic mass is 10.0. The van der Waals surface area contributed by atoms with E-state index in [1.54, 1.807) is 6.92 Å². The number of carbonyl (C=O) groups is 1. The quantitative estimate of drug-likeness (QED) is 0.826. The highest BCUT2D eigenvalue weighted by molar-refractivity contribution is 5.95. The Labute approximate surface area is 145 Å². The van der Waals surface area contributed by atoms with Crippen LogP contribution in [0, 0.1) is 13.8 Å². The van der Waals surface area contributed by atoms with Crippen LogP contribution in [-0.4, -0.2) is 12.0 Å². The molecule has 2 aromatic rings. The average Bonchev–Trinajstić information content (AvgIpc) is 2.58. The van der Waals surface area contributed by atoms with Crippen molar-refractivity contribution in [2.75, 3.05) is 5.32 Å². The highest BCUT2D eigenvalue weighted by atomic mass is 16.5. The van der Waals surface area contributed by atoms with Crippen LogP contribution >= 0.6 is 0 Å². The number of nitrogens with one attached hydrogen (secondary N) is 1. The lowest BCUT2D eigenvalue weighted by molar-refractivity contribution is -0.122. The highest BCUT2D eigenvalue weighted by Gasteiger charge is 2.17. The first-order valence-electron chi connectivity index (χ1n) is 8.61. The third kappa shape index (κ3) is 4.16. The van der Waals surface area contributed by atoms with E-state index < -0.39 is 6.10 Å². The third-order valence-electron chi connectivity index (χ3n) is 4.41. The van der Waals surface area contributed by atoms with Crippen molar-refractivity contribution in [1.29, 1.82) is 0 Å². The second kappa shape index (κ2) is 8.00. The molecule has 0 saturated heterocycles. The second-order valence-corrected chi connectivity index (χ2v) is 6.15. The standard InChI is InChI=1S/C21H27NO2/c1-6-17-9-8-10-18(7-2)20(17)22-21(23)16(5)24-19-12-11-14(3)15(4)13-19/h8-13,16H,6-7H2,1-5H3,(H,22,23)/t16-/m0/s1. The summed E-state index contributed by atoms with van der Waals surface area (Å²) in [6.07, 6.45) is 1.22. The lowest BCUT2D eigenvalue weighted by Gasteiger charge is -2.19. The number of ether oxygens (including phenoxy) is 1. The second-order valence-electron chi connectivity index (χ2n) is 6.15. The Morgan fingerprint density at radius 3 is 2.21 bits per heavy atom. The Morgan fingerprint density at radius 2 is 1.67 bits per heavy atom. The van der Waals surface area contributed by atoms with Crippen LogP contribution in [0.2, 0.25) is 0 Å². The normalized spacial score (nSPS) is 11.9. The number of aryl methyl sites for hydroxylation is 4. The molecular formula is C21H27NO2. The van der Waals surface area contributed by atoms with Gasteiger partial charge in [-0.15, -0.1) is 0 Å². The van der Waals surface area contributed by atoms with E-state index in [0.717, 1.165) is 41.0 Å². The molecule has 0 aliphatic heterocycles. The molecule has 0 heterocycles. The number of hydrogen-bond acceptors (Lipinski definition) is 2. The van der Waals surface area contributed by atoms with E-state index in [4.69, 9.17) is 4.74 Å². The Kier molecular flexibility index (Phi) is 6.02. The van der Waals surface area contributed by atoms with Gasteiger partial charge in [-0.05, 0) is 68.0 Å². The van der Waals surface area contributed by atoms with Crippen molar-refractivity contribution in [3.63, 3.8) is 0 Å². The topological polar surface area (TPSA) is 38.3 Å². The Morgan fingerprint density at radius 1 is 1.04 bits per heavy atom. The van der Waals surface area contributed by atoms with Crippen LogP contribution in [0.25, 0.3) is 0 Å². The van der Waals surface area contributed by atoms with E-state index in [-0.39, 0.29) is 5.91 Å². The monoisotopic (exact) mass is 325 g/mol. The van der Waals surface area contributed by atoms with Gasteiger partial charge in [-0.25, -0.2) is 0 Å². The van der Waals surface area contributed by atoms with Gasteiger partial charge in [-0.3, -0.25) is 4.79 Å². The van der Waals surface area contributed by atoms with Gasteiger partial charge in [-0.1, -0.05) is 38.1 Å². The number of anilines is 1. The van der Waals surface area contributed by atoms with Gasteiger partial charge in [0.25, 0.3) is 5.91 Å². The fourth-order valence-corrected chi connectivity index (χ4v) is 2.67. The van der Waals surface area contributed by atoms with Crippen molar-refractivity contribution in [2.45, 2.75) is 53.6 Å². The summed E-state index contributed by atoms with van der Waals surface area (Å²) in [6.45, 7) is 10.1. The van der Waals surface area contributed by atoms with Gasteiger partial charge in [0, 0.05) is 5.69 Å². The average molecular weight is 325 g/mol. The zero-order valence-electron chi connectivity index (χ0n) is 15.3. The SMILES string of the molecule is CCc1cccc(CC)c1NC(=O)[C@H](C)Oc1ccc(C)c(C)c1. The van der Waals surface area contributed by atoms with Crippen molar-refractivity contribution in [3.05, 3.63) is 58.7 Å². The molecule has 0 aliphatic rings. The molecule has 3 heteroatoms. The largest absolute Gasteiger partial charge is 0.481 e. The van der Waals surface area contributed by atoms with Crippen molar-refractivity contribution >= 4 is 11.6 Å². The molecule has 0 aromatic heterocycles. The number of para-hydroxylation sites is 1. The molecule has 1 atom stereocenters. The molecule has 0 aliphatic carbocycles. The summed E-state index contributed by atoms with van der Waals surface area (Å²) in [5, 5.41) is 3.06. The van der Waals surface area contributed by atoms with Crippen LogP contribution in [-0.2, 0) is 17.6 Å². The van der Waals surface area contributed by atoms with E-state index >= 15 is 0 Å². The maximum Gasteiger partial charge on any atom is 0.265 e. The van der Waals surface area contributed by atoms with E-state index in [2.05, 4.69) is 38.2 Å². The van der Waals surface area contributed by atoms with Crippen LogP contribution < -0.4 is 10.1 Å². The highest BCUT2D eigenvalue weighted by Crippen LogP contribution is 2.23. The molecule has 2 rings (SSSR count). The minimum Gasteiger partial charge on any atom is -0.481 e. The van der Waals surface area contributed by atoms with Crippen molar-refractivity contribution in [2.24, 2.45) is 0 Å². The smallest absolute Gasteiger partial charge is 0.265 e. The van der Waals surface area contributed by atoms with Gasteiger partial charge in [0.1, 0.15) is 5.75 Å². The maximum atomic E-state index is 12.6. The molecule has 1 amide bonds. The number of amides is 1. The zero-order valence-corrected chi connectivity index (χ0v) is 15.3. The molecular weight excluding hydrogens is 298 g/mol. The number of carbonyl (C=O) groups excluding carboxylic acids is 1. The Hall–Kier alpha value is -2.29. The predicted octanol–water partition coefficient (Wildman–Crippen LogP) is 4.83. The summed E-state index contributed by atoms with van der Waals surface area (Å²) in [6, 6.07) is 12.0. The molecule has 0 bridgehead atoms. The molecule has 24 heavy (non-hydrogen) atoms. The first-order chi connectivity index (χ1) is 11.5. The van der Waals surface area contributed by atoms with Gasteiger partial charge in [0.05, 0.1) is 0 Å². The summed E-state index contributed by atoms with van der Waals surface area (Å²) < 4.78 is 5.82.